The Labute approximate surface area is 123 Å². The molecule has 0 spiro atoms. The van der Waals surface area contributed by atoms with Gasteiger partial charge < -0.3 is 15.0 Å². The van der Waals surface area contributed by atoms with Gasteiger partial charge >= 0.3 is 0 Å². The molecular formula is C17H28N2O. The van der Waals surface area contributed by atoms with E-state index in [9.17, 15) is 0 Å². The van der Waals surface area contributed by atoms with Gasteiger partial charge in [-0.15, -0.1) is 0 Å². The second-order valence-electron chi connectivity index (χ2n) is 5.77. The van der Waals surface area contributed by atoms with Crippen LogP contribution in [-0.4, -0.2) is 39.4 Å². The van der Waals surface area contributed by atoms with Crippen molar-refractivity contribution in [3.63, 3.8) is 0 Å². The van der Waals surface area contributed by atoms with Crippen LogP contribution in [0.4, 0.5) is 5.69 Å². The molecule has 0 atom stereocenters. The maximum atomic E-state index is 5.41. The predicted molar refractivity (Wildman–Crippen MR) is 85.4 cm³/mol. The van der Waals surface area contributed by atoms with Gasteiger partial charge in [0.1, 0.15) is 0 Å². The quantitative estimate of drug-likeness (QED) is 0.775. The minimum atomic E-state index is 0.497. The van der Waals surface area contributed by atoms with Gasteiger partial charge in [-0.25, -0.2) is 0 Å². The molecule has 0 unspecified atom stereocenters. The largest absolute Gasteiger partial charge is 0.381 e. The number of nitrogens with zero attached hydrogens (tertiary/aromatic N) is 1. The third-order valence-corrected chi connectivity index (χ3v) is 4.31. The minimum Gasteiger partial charge on any atom is -0.381 e. The molecule has 20 heavy (non-hydrogen) atoms. The first kappa shape index (κ1) is 15.3. The van der Waals surface area contributed by atoms with E-state index in [1.54, 1.807) is 0 Å². The van der Waals surface area contributed by atoms with E-state index in [4.69, 9.17) is 4.74 Å². The average molecular weight is 276 g/mol. The molecule has 0 saturated heterocycles. The first-order valence-electron chi connectivity index (χ1n) is 7.82. The smallest absolute Gasteiger partial charge is 0.0572 e. The highest BCUT2D eigenvalue weighted by atomic mass is 16.5. The SMILES string of the molecule is COC1CCC(NCCCN(C)c2ccccc2)CC1. The Morgan fingerprint density at radius 2 is 1.85 bits per heavy atom. The maximum absolute atomic E-state index is 5.41. The van der Waals surface area contributed by atoms with Crippen molar-refractivity contribution in [2.75, 3.05) is 32.1 Å². The summed E-state index contributed by atoms with van der Waals surface area (Å²) in [6, 6.07) is 11.3. The van der Waals surface area contributed by atoms with Gasteiger partial charge in [-0.2, -0.15) is 0 Å². The fourth-order valence-corrected chi connectivity index (χ4v) is 2.94. The Kier molecular flexibility index (Phi) is 6.34. The monoisotopic (exact) mass is 276 g/mol. The summed E-state index contributed by atoms with van der Waals surface area (Å²) in [5.41, 5.74) is 1.30. The number of hydrogen-bond acceptors (Lipinski definition) is 3. The van der Waals surface area contributed by atoms with E-state index in [0.717, 1.165) is 13.1 Å². The van der Waals surface area contributed by atoms with Crippen LogP contribution in [0.25, 0.3) is 0 Å². The zero-order valence-electron chi connectivity index (χ0n) is 12.8. The van der Waals surface area contributed by atoms with Gasteiger partial charge in [-0.05, 0) is 50.8 Å². The molecule has 1 saturated carbocycles. The van der Waals surface area contributed by atoms with Crippen LogP contribution >= 0.6 is 0 Å². The third-order valence-electron chi connectivity index (χ3n) is 4.31. The van der Waals surface area contributed by atoms with Crippen molar-refractivity contribution in [3.8, 4) is 0 Å². The summed E-state index contributed by atoms with van der Waals surface area (Å²) in [6.07, 6.45) is 6.61. The van der Waals surface area contributed by atoms with Crippen LogP contribution in [0.15, 0.2) is 30.3 Å². The lowest BCUT2D eigenvalue weighted by atomic mass is 9.93. The lowest BCUT2D eigenvalue weighted by molar-refractivity contribution is 0.0626. The Balaban J connectivity index is 1.58. The molecule has 3 heteroatoms. The number of benzene rings is 1. The Bertz CT molecular complexity index is 361. The summed E-state index contributed by atoms with van der Waals surface area (Å²) >= 11 is 0. The van der Waals surface area contributed by atoms with E-state index < -0.39 is 0 Å². The second-order valence-corrected chi connectivity index (χ2v) is 5.77. The highest BCUT2D eigenvalue weighted by Gasteiger charge is 2.19. The van der Waals surface area contributed by atoms with Crippen LogP contribution in [0.1, 0.15) is 32.1 Å². The molecule has 0 bridgehead atoms. The van der Waals surface area contributed by atoms with Gasteiger partial charge in [-0.1, -0.05) is 18.2 Å². The number of methoxy groups -OCH3 is 1. The van der Waals surface area contributed by atoms with Crippen molar-refractivity contribution >= 4 is 5.69 Å². The van der Waals surface area contributed by atoms with Crippen LogP contribution in [0, 0.1) is 0 Å². The summed E-state index contributed by atoms with van der Waals surface area (Å²) in [4.78, 5) is 2.32. The van der Waals surface area contributed by atoms with Crippen LogP contribution in [-0.2, 0) is 4.74 Å². The molecule has 112 valence electrons. The fraction of sp³-hybridized carbons (Fsp3) is 0.647. The van der Waals surface area contributed by atoms with Crippen LogP contribution in [0.3, 0.4) is 0 Å². The van der Waals surface area contributed by atoms with Crippen molar-refractivity contribution in [2.24, 2.45) is 0 Å². The summed E-state index contributed by atoms with van der Waals surface area (Å²) in [5, 5.41) is 3.69. The number of anilines is 1. The number of hydrogen-bond donors (Lipinski definition) is 1. The maximum Gasteiger partial charge on any atom is 0.0572 e. The van der Waals surface area contributed by atoms with Gasteiger partial charge in [-0.3, -0.25) is 0 Å². The molecule has 1 aromatic rings. The molecule has 1 aromatic carbocycles. The van der Waals surface area contributed by atoms with Crippen molar-refractivity contribution in [1.29, 1.82) is 0 Å². The van der Waals surface area contributed by atoms with Gasteiger partial charge in [0.25, 0.3) is 0 Å². The standard InChI is InChI=1S/C17H28N2O/c1-19(16-7-4-3-5-8-16)14-6-13-18-15-9-11-17(20-2)12-10-15/h3-5,7-8,15,17-18H,6,9-14H2,1-2H3. The fourth-order valence-electron chi connectivity index (χ4n) is 2.94. The van der Waals surface area contributed by atoms with Crippen molar-refractivity contribution < 1.29 is 4.74 Å². The van der Waals surface area contributed by atoms with Crippen LogP contribution in [0.5, 0.6) is 0 Å². The number of ether oxygens (including phenoxy) is 1. The van der Waals surface area contributed by atoms with E-state index in [-0.39, 0.29) is 0 Å². The Morgan fingerprint density at radius 1 is 1.15 bits per heavy atom. The molecule has 1 fully saturated rings. The van der Waals surface area contributed by atoms with Gasteiger partial charge in [0, 0.05) is 32.4 Å². The number of para-hydroxylation sites is 1. The number of rotatable bonds is 7. The van der Waals surface area contributed by atoms with E-state index in [0.29, 0.717) is 12.1 Å². The van der Waals surface area contributed by atoms with Crippen LogP contribution < -0.4 is 10.2 Å². The van der Waals surface area contributed by atoms with E-state index in [1.807, 2.05) is 7.11 Å². The summed E-state index contributed by atoms with van der Waals surface area (Å²) in [7, 11) is 4.00. The van der Waals surface area contributed by atoms with E-state index in [2.05, 4.69) is 47.6 Å². The predicted octanol–water partition coefficient (Wildman–Crippen LogP) is 3.06. The van der Waals surface area contributed by atoms with Gasteiger partial charge in [0.05, 0.1) is 6.10 Å². The number of nitrogens with one attached hydrogen (secondary N) is 1. The van der Waals surface area contributed by atoms with Gasteiger partial charge in [0.2, 0.25) is 0 Å². The molecule has 1 N–H and O–H groups in total. The molecule has 0 aromatic heterocycles. The summed E-state index contributed by atoms with van der Waals surface area (Å²) < 4.78 is 5.41. The molecule has 2 rings (SSSR count). The third kappa shape index (κ3) is 4.80. The molecule has 3 nitrogen and oxygen atoms in total. The summed E-state index contributed by atoms with van der Waals surface area (Å²) in [5.74, 6) is 0. The van der Waals surface area contributed by atoms with E-state index in [1.165, 1.54) is 37.8 Å². The normalized spacial score (nSPS) is 22.7. The van der Waals surface area contributed by atoms with Gasteiger partial charge in [0.15, 0.2) is 0 Å². The Hall–Kier alpha value is -1.06. The molecule has 0 radical (unpaired) electrons. The van der Waals surface area contributed by atoms with Crippen molar-refractivity contribution in [1.82, 2.24) is 5.32 Å². The Morgan fingerprint density at radius 3 is 2.50 bits per heavy atom. The van der Waals surface area contributed by atoms with E-state index >= 15 is 0 Å². The first-order chi connectivity index (χ1) is 9.79. The zero-order valence-corrected chi connectivity index (χ0v) is 12.8. The second kappa shape index (κ2) is 8.28. The molecule has 0 heterocycles. The molecule has 0 aliphatic heterocycles. The molecule has 0 amide bonds. The highest BCUT2D eigenvalue weighted by Crippen LogP contribution is 2.20. The van der Waals surface area contributed by atoms with Crippen molar-refractivity contribution in [2.45, 2.75) is 44.2 Å². The summed E-state index contributed by atoms with van der Waals surface area (Å²) in [6.45, 7) is 2.21. The molecule has 1 aliphatic carbocycles. The molecule has 1 aliphatic rings. The lowest BCUT2D eigenvalue weighted by Gasteiger charge is -2.28. The first-order valence-corrected chi connectivity index (χ1v) is 7.82. The molecular weight excluding hydrogens is 248 g/mol. The minimum absolute atomic E-state index is 0.497. The van der Waals surface area contributed by atoms with Crippen LogP contribution in [0.2, 0.25) is 0 Å². The topological polar surface area (TPSA) is 24.5 Å². The van der Waals surface area contributed by atoms with Crippen molar-refractivity contribution in [3.05, 3.63) is 30.3 Å². The lowest BCUT2D eigenvalue weighted by Crippen LogP contribution is -2.36. The highest BCUT2D eigenvalue weighted by molar-refractivity contribution is 5.44. The zero-order chi connectivity index (χ0) is 14.2. The average Bonchev–Trinajstić information content (AvgIpc) is 2.53.